The average molecular weight is 387 g/mol. The van der Waals surface area contributed by atoms with Crippen molar-refractivity contribution in [2.24, 2.45) is 0 Å². The number of phenols is 1. The second-order valence-corrected chi connectivity index (χ2v) is 8.06. The van der Waals surface area contributed by atoms with Crippen LogP contribution in [0.5, 0.6) is 5.75 Å². The molecule has 6 nitrogen and oxygen atoms in total. The summed E-state index contributed by atoms with van der Waals surface area (Å²) in [6, 6.07) is 12.0. The molecule has 5 rings (SSSR count). The number of phenolic OH excluding ortho intramolecular Hbond substituents is 1. The number of para-hydroxylation sites is 1. The molecule has 0 unspecified atom stereocenters. The Labute approximate surface area is 170 Å². The van der Waals surface area contributed by atoms with E-state index in [1.807, 2.05) is 42.7 Å². The van der Waals surface area contributed by atoms with E-state index in [2.05, 4.69) is 25.6 Å². The summed E-state index contributed by atoms with van der Waals surface area (Å²) in [4.78, 5) is 13.5. The molecule has 0 radical (unpaired) electrons. The molecule has 148 valence electrons. The largest absolute Gasteiger partial charge is 0.507 e. The Morgan fingerprint density at radius 3 is 2.24 bits per heavy atom. The lowest BCUT2D eigenvalue weighted by atomic mass is 10.1. The van der Waals surface area contributed by atoms with E-state index in [-0.39, 0.29) is 5.75 Å². The van der Waals surface area contributed by atoms with Crippen LogP contribution in [0.2, 0.25) is 0 Å². The molecule has 0 bridgehead atoms. The van der Waals surface area contributed by atoms with E-state index in [1.54, 1.807) is 12.3 Å². The number of nitrogens with zero attached hydrogens (tertiary/aromatic N) is 3. The molecule has 0 aliphatic heterocycles. The van der Waals surface area contributed by atoms with Gasteiger partial charge in [0.2, 0.25) is 5.95 Å². The number of nitrogens with one attached hydrogen (secondary N) is 2. The van der Waals surface area contributed by atoms with Crippen molar-refractivity contribution in [3.63, 3.8) is 0 Å². The highest BCUT2D eigenvalue weighted by Gasteiger charge is 2.26. The number of aromatic nitrogens is 3. The van der Waals surface area contributed by atoms with Gasteiger partial charge >= 0.3 is 0 Å². The summed E-state index contributed by atoms with van der Waals surface area (Å²) in [5.74, 6) is 2.55. The summed E-state index contributed by atoms with van der Waals surface area (Å²) < 4.78 is 0. The van der Waals surface area contributed by atoms with E-state index >= 15 is 0 Å². The summed E-state index contributed by atoms with van der Waals surface area (Å²) in [5, 5.41) is 17.0. The minimum atomic E-state index is 0.270. The van der Waals surface area contributed by atoms with Crippen molar-refractivity contribution >= 4 is 11.8 Å². The highest BCUT2D eigenvalue weighted by molar-refractivity contribution is 5.69. The minimum absolute atomic E-state index is 0.270. The van der Waals surface area contributed by atoms with Crippen LogP contribution in [0.25, 0.3) is 11.1 Å². The van der Waals surface area contributed by atoms with Gasteiger partial charge in [0.25, 0.3) is 0 Å². The molecule has 0 amide bonds. The van der Waals surface area contributed by atoms with Crippen LogP contribution < -0.4 is 10.6 Å². The molecule has 3 N–H and O–H groups in total. The number of benzene rings is 1. The fraction of sp³-hybridized carbons (Fsp3) is 0.348. The molecule has 2 atom stereocenters. The zero-order chi connectivity index (χ0) is 19.6. The highest BCUT2D eigenvalue weighted by Crippen LogP contribution is 2.39. The Morgan fingerprint density at radius 1 is 0.793 bits per heavy atom. The van der Waals surface area contributed by atoms with Crippen LogP contribution in [-0.2, 0) is 0 Å². The molecule has 29 heavy (non-hydrogen) atoms. The normalized spacial score (nSPS) is 21.1. The van der Waals surface area contributed by atoms with Crippen LogP contribution >= 0.6 is 0 Å². The number of rotatable bonds is 6. The third kappa shape index (κ3) is 4.16. The molecule has 2 aromatic heterocycles. The lowest BCUT2D eigenvalue weighted by molar-refractivity contribution is 0.477. The molecular weight excluding hydrogens is 362 g/mol. The Kier molecular flexibility index (Phi) is 4.76. The third-order valence-corrected chi connectivity index (χ3v) is 5.82. The molecule has 2 fully saturated rings. The molecule has 1 aromatic carbocycles. The summed E-state index contributed by atoms with van der Waals surface area (Å²) in [5.41, 5.74) is 2.97. The molecule has 2 heterocycles. The quantitative estimate of drug-likeness (QED) is 0.575. The van der Waals surface area contributed by atoms with E-state index in [4.69, 9.17) is 0 Å². The van der Waals surface area contributed by atoms with Gasteiger partial charge in [0.15, 0.2) is 0 Å². The Balaban J connectivity index is 1.16. The van der Waals surface area contributed by atoms with Crippen molar-refractivity contribution in [3.05, 3.63) is 60.6 Å². The molecular formula is C23H25N5O. The zero-order valence-corrected chi connectivity index (χ0v) is 16.3. The van der Waals surface area contributed by atoms with Crippen LogP contribution in [-0.4, -0.2) is 32.1 Å². The number of anilines is 2. The predicted octanol–water partition coefficient (Wildman–Crippen LogP) is 4.57. The van der Waals surface area contributed by atoms with Crippen LogP contribution in [0.4, 0.5) is 11.8 Å². The number of hydrogen-bond donors (Lipinski definition) is 3. The van der Waals surface area contributed by atoms with Crippen LogP contribution in [0.1, 0.15) is 43.6 Å². The first kappa shape index (κ1) is 17.9. The lowest BCUT2D eigenvalue weighted by Crippen LogP contribution is -2.22. The van der Waals surface area contributed by atoms with Crippen molar-refractivity contribution in [3.8, 4) is 16.9 Å². The maximum absolute atomic E-state index is 10.00. The molecule has 6 heteroatoms. The second kappa shape index (κ2) is 7.70. The minimum Gasteiger partial charge on any atom is -0.507 e. The van der Waals surface area contributed by atoms with Gasteiger partial charge < -0.3 is 15.7 Å². The molecule has 2 saturated carbocycles. The number of hydrogen-bond acceptors (Lipinski definition) is 6. The average Bonchev–Trinajstić information content (AvgIpc) is 3.51. The van der Waals surface area contributed by atoms with Crippen LogP contribution in [0, 0.1) is 0 Å². The van der Waals surface area contributed by atoms with E-state index in [1.165, 1.54) is 18.4 Å². The monoisotopic (exact) mass is 387 g/mol. The van der Waals surface area contributed by atoms with Crippen molar-refractivity contribution in [2.45, 2.75) is 50.1 Å². The predicted molar refractivity (Wildman–Crippen MR) is 114 cm³/mol. The van der Waals surface area contributed by atoms with E-state index in [0.29, 0.717) is 18.0 Å². The standard InChI is InChI=1S/C23H25N5O/c29-21-4-2-1-3-20(21)16-7-10-22(24-12-16)27-18-8-9-19(11-18)28-23-25-13-17(14-26-23)15-5-6-15/h1-4,7,10,12-15,18-19,29H,5-6,8-9,11H2,(H,24,27)(H,25,26,28)/t18-,19-/m0/s1. The van der Waals surface area contributed by atoms with Gasteiger partial charge in [0.05, 0.1) is 0 Å². The SMILES string of the molecule is Oc1ccccc1-c1ccc(N[C@H]2CC[C@H](Nc3ncc(C4CC4)cn3)C2)nc1. The van der Waals surface area contributed by atoms with Gasteiger partial charge in [-0.25, -0.2) is 15.0 Å². The lowest BCUT2D eigenvalue weighted by Gasteiger charge is -2.15. The van der Waals surface area contributed by atoms with Crippen LogP contribution in [0.15, 0.2) is 55.0 Å². The summed E-state index contributed by atoms with van der Waals surface area (Å²) in [6.07, 6.45) is 11.5. The first-order chi connectivity index (χ1) is 14.2. The van der Waals surface area contributed by atoms with E-state index in [9.17, 15) is 5.11 Å². The molecule has 2 aliphatic rings. The second-order valence-electron chi connectivity index (χ2n) is 8.06. The first-order valence-corrected chi connectivity index (χ1v) is 10.3. The van der Waals surface area contributed by atoms with Crippen molar-refractivity contribution in [2.75, 3.05) is 10.6 Å². The Hall–Kier alpha value is -3.15. The smallest absolute Gasteiger partial charge is 0.222 e. The van der Waals surface area contributed by atoms with Crippen molar-refractivity contribution in [1.29, 1.82) is 0 Å². The van der Waals surface area contributed by atoms with Gasteiger partial charge in [-0.15, -0.1) is 0 Å². The first-order valence-electron chi connectivity index (χ1n) is 10.3. The molecule has 2 aliphatic carbocycles. The number of aromatic hydroxyl groups is 1. The Morgan fingerprint density at radius 2 is 1.55 bits per heavy atom. The van der Waals surface area contributed by atoms with Gasteiger partial charge in [-0.3, -0.25) is 0 Å². The summed E-state index contributed by atoms with van der Waals surface area (Å²) in [7, 11) is 0. The van der Waals surface area contributed by atoms with Crippen LogP contribution in [0.3, 0.4) is 0 Å². The van der Waals surface area contributed by atoms with Gasteiger partial charge in [-0.05, 0) is 61.8 Å². The third-order valence-electron chi connectivity index (χ3n) is 5.82. The maximum atomic E-state index is 10.00. The van der Waals surface area contributed by atoms with Gasteiger partial charge in [-0.1, -0.05) is 18.2 Å². The zero-order valence-electron chi connectivity index (χ0n) is 16.3. The summed E-state index contributed by atoms with van der Waals surface area (Å²) in [6.45, 7) is 0. The maximum Gasteiger partial charge on any atom is 0.222 e. The van der Waals surface area contributed by atoms with Crippen molar-refractivity contribution in [1.82, 2.24) is 15.0 Å². The number of pyridine rings is 1. The fourth-order valence-corrected chi connectivity index (χ4v) is 4.03. The highest BCUT2D eigenvalue weighted by atomic mass is 16.3. The van der Waals surface area contributed by atoms with Crippen molar-refractivity contribution < 1.29 is 5.11 Å². The molecule has 0 spiro atoms. The summed E-state index contributed by atoms with van der Waals surface area (Å²) >= 11 is 0. The van der Waals surface area contributed by atoms with Gasteiger partial charge in [0, 0.05) is 41.8 Å². The Bertz CT molecular complexity index is 969. The fourth-order valence-electron chi connectivity index (χ4n) is 4.03. The van der Waals surface area contributed by atoms with E-state index in [0.717, 1.165) is 42.2 Å². The molecule has 0 saturated heterocycles. The van der Waals surface area contributed by atoms with Gasteiger partial charge in [0.1, 0.15) is 11.6 Å². The molecule has 3 aromatic rings. The topological polar surface area (TPSA) is 83.0 Å². The van der Waals surface area contributed by atoms with Gasteiger partial charge in [-0.2, -0.15) is 0 Å². The van der Waals surface area contributed by atoms with E-state index < -0.39 is 0 Å².